The molecule has 0 radical (unpaired) electrons. The van der Waals surface area contributed by atoms with Gasteiger partial charge in [0.25, 0.3) is 0 Å². The average Bonchev–Trinajstić information content (AvgIpc) is 2.84. The first-order chi connectivity index (χ1) is 9.65. The molecule has 0 aliphatic carbocycles. The van der Waals surface area contributed by atoms with Crippen molar-refractivity contribution in [2.45, 2.75) is 19.8 Å². The maximum absolute atomic E-state index is 6.11. The molecular weight excluding hydrogens is 334 g/mol. The summed E-state index contributed by atoms with van der Waals surface area (Å²) in [4.78, 5) is 0. The number of nitrogens with zero attached hydrogens (tertiary/aromatic N) is 1. The summed E-state index contributed by atoms with van der Waals surface area (Å²) < 4.78 is 11.6. The number of benzene rings is 2. The number of aromatic nitrogens is 1. The first kappa shape index (κ1) is 13.6. The van der Waals surface area contributed by atoms with Gasteiger partial charge in [0, 0.05) is 16.0 Å². The van der Waals surface area contributed by atoms with Gasteiger partial charge in [-0.05, 0) is 41.8 Å². The van der Waals surface area contributed by atoms with Gasteiger partial charge in [-0.3, -0.25) is 0 Å². The Kier molecular flexibility index (Phi) is 3.76. The molecule has 0 N–H and O–H groups in total. The molecule has 3 rings (SSSR count). The fraction of sp³-hybridized carbons (Fsp3) is 0.188. The zero-order valence-corrected chi connectivity index (χ0v) is 13.7. The highest BCUT2D eigenvalue weighted by Crippen LogP contribution is 2.37. The summed E-state index contributed by atoms with van der Waals surface area (Å²) in [6.07, 6.45) is 0. The normalized spacial score (nSPS) is 11.2. The van der Waals surface area contributed by atoms with Gasteiger partial charge in [0.1, 0.15) is 5.75 Å². The highest BCUT2D eigenvalue weighted by atomic mass is 79.9. The van der Waals surface area contributed by atoms with E-state index in [0.29, 0.717) is 5.92 Å². The van der Waals surface area contributed by atoms with E-state index in [1.165, 1.54) is 17.1 Å². The maximum atomic E-state index is 6.11. The van der Waals surface area contributed by atoms with Crippen LogP contribution in [-0.4, -0.2) is 4.37 Å². The van der Waals surface area contributed by atoms with Gasteiger partial charge in [-0.15, -0.1) is 0 Å². The van der Waals surface area contributed by atoms with Gasteiger partial charge in [-0.2, -0.15) is 4.37 Å². The Morgan fingerprint density at radius 3 is 2.75 bits per heavy atom. The Hall–Kier alpha value is -1.39. The summed E-state index contributed by atoms with van der Waals surface area (Å²) in [6, 6.07) is 14.2. The fourth-order valence-corrected chi connectivity index (χ4v) is 3.22. The molecule has 1 aromatic heterocycles. The molecule has 0 aliphatic heterocycles. The van der Waals surface area contributed by atoms with Crippen molar-refractivity contribution in [2.24, 2.45) is 0 Å². The zero-order valence-electron chi connectivity index (χ0n) is 11.3. The Morgan fingerprint density at radius 2 is 1.95 bits per heavy atom. The molecule has 1 heterocycles. The van der Waals surface area contributed by atoms with Gasteiger partial charge in [0.05, 0.1) is 10.9 Å². The Bertz CT molecular complexity index is 751. The smallest absolute Gasteiger partial charge is 0.207 e. The minimum Gasteiger partial charge on any atom is -0.444 e. The first-order valence-electron chi connectivity index (χ1n) is 6.47. The standard InChI is InChI=1S/C16H14BrNOS/c1-10(2)13-9-11(17)7-8-15(13)19-16-12-5-3-4-6-14(12)18-20-16/h3-10H,1-2H3. The van der Waals surface area contributed by atoms with Crippen molar-refractivity contribution >= 4 is 38.4 Å². The third-order valence-corrected chi connectivity index (χ3v) is 4.40. The van der Waals surface area contributed by atoms with Crippen LogP contribution in [0.2, 0.25) is 0 Å². The molecule has 0 fully saturated rings. The van der Waals surface area contributed by atoms with Gasteiger partial charge in [0.2, 0.25) is 5.06 Å². The molecule has 102 valence electrons. The van der Waals surface area contributed by atoms with Crippen LogP contribution in [0, 0.1) is 0 Å². The van der Waals surface area contributed by atoms with Gasteiger partial charge >= 0.3 is 0 Å². The second-order valence-electron chi connectivity index (χ2n) is 4.93. The van der Waals surface area contributed by atoms with E-state index in [0.717, 1.165) is 26.2 Å². The number of hydrogen-bond acceptors (Lipinski definition) is 3. The molecular formula is C16H14BrNOS. The summed E-state index contributed by atoms with van der Waals surface area (Å²) in [5.74, 6) is 1.30. The Morgan fingerprint density at radius 1 is 1.15 bits per heavy atom. The molecule has 0 amide bonds. The van der Waals surface area contributed by atoms with E-state index in [9.17, 15) is 0 Å². The molecule has 0 bridgehead atoms. The number of ether oxygens (including phenoxy) is 1. The SMILES string of the molecule is CC(C)c1cc(Br)ccc1Oc1snc2ccccc12. The Labute approximate surface area is 130 Å². The summed E-state index contributed by atoms with van der Waals surface area (Å²) in [5.41, 5.74) is 2.17. The maximum Gasteiger partial charge on any atom is 0.207 e. The quantitative estimate of drug-likeness (QED) is 0.581. The number of halogens is 1. The molecule has 3 aromatic rings. The lowest BCUT2D eigenvalue weighted by molar-refractivity contribution is 0.490. The van der Waals surface area contributed by atoms with Gasteiger partial charge in [-0.25, -0.2) is 0 Å². The lowest BCUT2D eigenvalue weighted by Crippen LogP contribution is -1.93. The predicted molar refractivity (Wildman–Crippen MR) is 87.9 cm³/mol. The Balaban J connectivity index is 2.03. The van der Waals surface area contributed by atoms with Crippen LogP contribution in [0.15, 0.2) is 46.9 Å². The molecule has 0 spiro atoms. The van der Waals surface area contributed by atoms with E-state index in [1.54, 1.807) is 0 Å². The van der Waals surface area contributed by atoms with E-state index >= 15 is 0 Å². The lowest BCUT2D eigenvalue weighted by Gasteiger charge is -2.13. The van der Waals surface area contributed by atoms with Crippen molar-refractivity contribution < 1.29 is 4.74 Å². The van der Waals surface area contributed by atoms with Crippen LogP contribution in [0.3, 0.4) is 0 Å². The van der Waals surface area contributed by atoms with Gasteiger partial charge < -0.3 is 4.74 Å². The monoisotopic (exact) mass is 347 g/mol. The van der Waals surface area contributed by atoms with E-state index in [-0.39, 0.29) is 0 Å². The van der Waals surface area contributed by atoms with Gasteiger partial charge in [-0.1, -0.05) is 41.9 Å². The van der Waals surface area contributed by atoms with E-state index in [1.807, 2.05) is 36.4 Å². The van der Waals surface area contributed by atoms with Crippen LogP contribution >= 0.6 is 27.5 Å². The summed E-state index contributed by atoms with van der Waals surface area (Å²) in [5, 5.41) is 1.92. The van der Waals surface area contributed by atoms with Crippen LogP contribution in [0.25, 0.3) is 10.9 Å². The van der Waals surface area contributed by atoms with Crippen LogP contribution in [-0.2, 0) is 0 Å². The average molecular weight is 348 g/mol. The molecule has 0 saturated carbocycles. The molecule has 2 aromatic carbocycles. The van der Waals surface area contributed by atoms with Crippen molar-refractivity contribution in [3.05, 3.63) is 52.5 Å². The first-order valence-corrected chi connectivity index (χ1v) is 8.03. The summed E-state index contributed by atoms with van der Waals surface area (Å²) in [7, 11) is 0. The van der Waals surface area contributed by atoms with E-state index in [2.05, 4.69) is 40.2 Å². The highest BCUT2D eigenvalue weighted by molar-refractivity contribution is 9.10. The van der Waals surface area contributed by atoms with Crippen molar-refractivity contribution in [3.8, 4) is 10.8 Å². The van der Waals surface area contributed by atoms with Crippen LogP contribution < -0.4 is 4.74 Å². The molecule has 4 heteroatoms. The molecule has 0 unspecified atom stereocenters. The van der Waals surface area contributed by atoms with Crippen LogP contribution in [0.5, 0.6) is 10.8 Å². The molecule has 0 atom stereocenters. The topological polar surface area (TPSA) is 22.1 Å². The largest absolute Gasteiger partial charge is 0.444 e. The zero-order chi connectivity index (χ0) is 14.1. The minimum absolute atomic E-state index is 0.404. The number of hydrogen-bond donors (Lipinski definition) is 0. The van der Waals surface area contributed by atoms with Crippen LogP contribution in [0.1, 0.15) is 25.3 Å². The highest BCUT2D eigenvalue weighted by Gasteiger charge is 2.13. The van der Waals surface area contributed by atoms with Crippen molar-refractivity contribution in [3.63, 3.8) is 0 Å². The summed E-state index contributed by atoms with van der Waals surface area (Å²) >= 11 is 4.92. The van der Waals surface area contributed by atoms with E-state index in [4.69, 9.17) is 4.74 Å². The predicted octanol–water partition coefficient (Wildman–Crippen LogP) is 5.97. The number of fused-ring (bicyclic) bond motifs is 1. The van der Waals surface area contributed by atoms with Crippen LogP contribution in [0.4, 0.5) is 0 Å². The summed E-state index contributed by atoms with van der Waals surface area (Å²) in [6.45, 7) is 4.33. The second kappa shape index (κ2) is 5.54. The molecule has 0 aliphatic rings. The minimum atomic E-state index is 0.404. The van der Waals surface area contributed by atoms with E-state index < -0.39 is 0 Å². The fourth-order valence-electron chi connectivity index (χ4n) is 2.10. The third-order valence-electron chi connectivity index (χ3n) is 3.15. The van der Waals surface area contributed by atoms with Crippen molar-refractivity contribution in [1.82, 2.24) is 4.37 Å². The van der Waals surface area contributed by atoms with Crippen molar-refractivity contribution in [2.75, 3.05) is 0 Å². The van der Waals surface area contributed by atoms with Gasteiger partial charge in [0.15, 0.2) is 0 Å². The second-order valence-corrected chi connectivity index (χ2v) is 6.58. The molecule has 20 heavy (non-hydrogen) atoms. The molecule has 2 nitrogen and oxygen atoms in total. The number of rotatable bonds is 3. The van der Waals surface area contributed by atoms with Crippen molar-refractivity contribution in [1.29, 1.82) is 0 Å². The molecule has 0 saturated heterocycles. The third kappa shape index (κ3) is 2.58. The lowest BCUT2D eigenvalue weighted by atomic mass is 10.0.